The lowest BCUT2D eigenvalue weighted by Crippen LogP contribution is -2.02. The molecule has 0 aliphatic heterocycles. The highest BCUT2D eigenvalue weighted by Crippen LogP contribution is 2.38. The van der Waals surface area contributed by atoms with Gasteiger partial charge in [-0.05, 0) is 23.9 Å². The molecule has 1 aromatic carbocycles. The van der Waals surface area contributed by atoms with Crippen molar-refractivity contribution >= 4 is 11.8 Å². The van der Waals surface area contributed by atoms with Crippen LogP contribution < -0.4 is 0 Å². The summed E-state index contributed by atoms with van der Waals surface area (Å²) in [6.07, 6.45) is 0. The van der Waals surface area contributed by atoms with E-state index in [0.717, 1.165) is 6.07 Å². The van der Waals surface area contributed by atoms with E-state index in [2.05, 4.69) is 0 Å². The maximum absolute atomic E-state index is 13.1. The molecule has 1 aromatic rings. The molecule has 15 heavy (non-hydrogen) atoms. The summed E-state index contributed by atoms with van der Waals surface area (Å²) in [5.41, 5.74) is -5.69. The van der Waals surface area contributed by atoms with E-state index < -0.39 is 39.4 Å². The first kappa shape index (κ1) is 11.8. The van der Waals surface area contributed by atoms with Crippen molar-refractivity contribution in [3.05, 3.63) is 29.3 Å². The summed E-state index contributed by atoms with van der Waals surface area (Å²) < 4.78 is 61.4. The lowest BCUT2D eigenvalue weighted by Gasteiger charge is -2.07. The van der Waals surface area contributed by atoms with Gasteiger partial charge in [-0.1, -0.05) is 0 Å². The molecule has 0 heterocycles. The van der Waals surface area contributed by atoms with E-state index in [1.165, 1.54) is 0 Å². The molecule has 0 saturated heterocycles. The highest BCUT2D eigenvalue weighted by atomic mass is 32.2. The van der Waals surface area contributed by atoms with Gasteiger partial charge >= 0.3 is 5.51 Å². The maximum atomic E-state index is 13.1. The maximum Gasteiger partial charge on any atom is 0.446 e. The van der Waals surface area contributed by atoms with Crippen LogP contribution in [0.5, 0.6) is 0 Å². The second-order valence-electron chi connectivity index (χ2n) is 2.39. The van der Waals surface area contributed by atoms with Crippen molar-refractivity contribution in [2.24, 2.45) is 0 Å². The Kier molecular flexibility index (Phi) is 3.19. The van der Waals surface area contributed by atoms with Crippen LogP contribution in [0.3, 0.4) is 0 Å². The first-order chi connectivity index (χ1) is 6.85. The molecule has 0 spiro atoms. The Balaban J connectivity index is 3.18. The van der Waals surface area contributed by atoms with Gasteiger partial charge in [0.2, 0.25) is 0 Å². The SMILES string of the molecule is N#Cc1c(F)ccc(SC(F)(F)F)c1F. The lowest BCUT2D eigenvalue weighted by molar-refractivity contribution is -0.0329. The van der Waals surface area contributed by atoms with Crippen LogP contribution in [0.4, 0.5) is 22.0 Å². The summed E-state index contributed by atoms with van der Waals surface area (Å²) in [7, 11) is 0. The highest BCUT2D eigenvalue weighted by Gasteiger charge is 2.31. The van der Waals surface area contributed by atoms with Gasteiger partial charge in [0.25, 0.3) is 0 Å². The first-order valence-corrected chi connectivity index (χ1v) is 4.30. The molecule has 0 fully saturated rings. The average Bonchev–Trinajstić information content (AvgIpc) is 2.09. The van der Waals surface area contributed by atoms with Gasteiger partial charge in [-0.3, -0.25) is 0 Å². The zero-order valence-electron chi connectivity index (χ0n) is 6.90. The van der Waals surface area contributed by atoms with Crippen LogP contribution in [0, 0.1) is 23.0 Å². The number of alkyl halides is 3. The Labute approximate surface area is 85.5 Å². The van der Waals surface area contributed by atoms with Gasteiger partial charge in [0.05, 0.1) is 4.90 Å². The lowest BCUT2D eigenvalue weighted by atomic mass is 10.2. The van der Waals surface area contributed by atoms with Crippen LogP contribution in [0.1, 0.15) is 5.56 Å². The molecule has 1 nitrogen and oxygen atoms in total. The number of thioether (sulfide) groups is 1. The second kappa shape index (κ2) is 4.06. The Morgan fingerprint density at radius 2 is 1.80 bits per heavy atom. The van der Waals surface area contributed by atoms with Gasteiger partial charge in [0.1, 0.15) is 17.4 Å². The Morgan fingerprint density at radius 1 is 1.20 bits per heavy atom. The topological polar surface area (TPSA) is 23.8 Å². The van der Waals surface area contributed by atoms with Crippen molar-refractivity contribution in [2.75, 3.05) is 0 Å². The molecular formula is C8H2F5NS. The number of nitrogens with zero attached hydrogens (tertiary/aromatic N) is 1. The molecule has 0 aromatic heterocycles. The number of hydrogen-bond acceptors (Lipinski definition) is 2. The minimum atomic E-state index is -4.68. The van der Waals surface area contributed by atoms with E-state index in [4.69, 9.17) is 5.26 Å². The summed E-state index contributed by atoms with van der Waals surface area (Å²) >= 11 is -0.727. The van der Waals surface area contributed by atoms with Gasteiger partial charge in [0, 0.05) is 0 Å². The van der Waals surface area contributed by atoms with E-state index in [1.54, 1.807) is 0 Å². The van der Waals surface area contributed by atoms with E-state index >= 15 is 0 Å². The highest BCUT2D eigenvalue weighted by molar-refractivity contribution is 8.00. The van der Waals surface area contributed by atoms with Gasteiger partial charge < -0.3 is 0 Å². The number of benzene rings is 1. The predicted molar refractivity (Wildman–Crippen MR) is 43.0 cm³/mol. The van der Waals surface area contributed by atoms with Crippen molar-refractivity contribution in [2.45, 2.75) is 10.4 Å². The van der Waals surface area contributed by atoms with Crippen LogP contribution in [0.2, 0.25) is 0 Å². The van der Waals surface area contributed by atoms with Crippen molar-refractivity contribution in [1.82, 2.24) is 0 Å². The third-order valence-corrected chi connectivity index (χ3v) is 2.16. The van der Waals surface area contributed by atoms with Gasteiger partial charge in [-0.2, -0.15) is 18.4 Å². The van der Waals surface area contributed by atoms with Gasteiger partial charge in [-0.25, -0.2) is 8.78 Å². The smallest absolute Gasteiger partial charge is 0.205 e. The normalized spacial score (nSPS) is 11.2. The van der Waals surface area contributed by atoms with Crippen LogP contribution in [0.25, 0.3) is 0 Å². The van der Waals surface area contributed by atoms with Crippen molar-refractivity contribution < 1.29 is 22.0 Å². The van der Waals surface area contributed by atoms with Crippen LogP contribution in [-0.4, -0.2) is 5.51 Å². The number of halogens is 5. The molecule has 0 atom stereocenters. The average molecular weight is 239 g/mol. The van der Waals surface area contributed by atoms with E-state index in [-0.39, 0.29) is 0 Å². The zero-order chi connectivity index (χ0) is 11.6. The van der Waals surface area contributed by atoms with Crippen LogP contribution >= 0.6 is 11.8 Å². The monoisotopic (exact) mass is 239 g/mol. The minimum Gasteiger partial charge on any atom is -0.205 e. The second-order valence-corrected chi connectivity index (χ2v) is 3.50. The third-order valence-electron chi connectivity index (χ3n) is 1.39. The number of nitriles is 1. The fraction of sp³-hybridized carbons (Fsp3) is 0.125. The van der Waals surface area contributed by atoms with Gasteiger partial charge in [0.15, 0.2) is 5.82 Å². The fourth-order valence-corrected chi connectivity index (χ4v) is 1.42. The molecule has 0 saturated carbocycles. The molecule has 1 rings (SSSR count). The molecule has 7 heteroatoms. The van der Waals surface area contributed by atoms with E-state index in [9.17, 15) is 22.0 Å². The molecule has 0 bridgehead atoms. The molecule has 0 radical (unpaired) electrons. The zero-order valence-corrected chi connectivity index (χ0v) is 7.72. The minimum absolute atomic E-state index is 0.621. The van der Waals surface area contributed by atoms with Crippen molar-refractivity contribution in [3.63, 3.8) is 0 Å². The quantitative estimate of drug-likeness (QED) is 0.553. The predicted octanol–water partition coefficient (Wildman–Crippen LogP) is 3.45. The summed E-state index contributed by atoms with van der Waals surface area (Å²) in [5, 5.41) is 8.30. The molecule has 80 valence electrons. The summed E-state index contributed by atoms with van der Waals surface area (Å²) in [6, 6.07) is 2.42. The Morgan fingerprint density at radius 3 is 2.27 bits per heavy atom. The van der Waals surface area contributed by atoms with Crippen molar-refractivity contribution in [3.8, 4) is 6.07 Å². The van der Waals surface area contributed by atoms with Crippen LogP contribution in [0.15, 0.2) is 17.0 Å². The molecule has 0 N–H and O–H groups in total. The van der Waals surface area contributed by atoms with E-state index in [0.29, 0.717) is 12.1 Å². The van der Waals surface area contributed by atoms with E-state index in [1.807, 2.05) is 0 Å². The summed E-state index contributed by atoms with van der Waals surface area (Å²) in [4.78, 5) is -0.819. The third kappa shape index (κ3) is 2.83. The first-order valence-electron chi connectivity index (χ1n) is 3.49. The number of hydrogen-bond donors (Lipinski definition) is 0. The molecule has 0 aliphatic carbocycles. The Hall–Kier alpha value is -1.29. The molecule has 0 amide bonds. The molecular weight excluding hydrogens is 237 g/mol. The largest absolute Gasteiger partial charge is 0.446 e. The van der Waals surface area contributed by atoms with Gasteiger partial charge in [-0.15, -0.1) is 0 Å². The fourth-order valence-electron chi connectivity index (χ4n) is 0.839. The molecule has 0 unspecified atom stereocenters. The summed E-state index contributed by atoms with van der Waals surface area (Å²) in [6.45, 7) is 0. The molecule has 0 aliphatic rings. The van der Waals surface area contributed by atoms with Crippen molar-refractivity contribution in [1.29, 1.82) is 5.26 Å². The number of rotatable bonds is 1. The van der Waals surface area contributed by atoms with Crippen LogP contribution in [-0.2, 0) is 0 Å². The summed E-state index contributed by atoms with van der Waals surface area (Å²) in [5.74, 6) is -2.67. The standard InChI is InChI=1S/C8H2F5NS/c9-5-1-2-6(15-8(11,12)13)7(10)4(5)3-14/h1-2H. The Bertz CT molecular complexity index is 420.